The van der Waals surface area contributed by atoms with Crippen molar-refractivity contribution in [2.24, 2.45) is 18.9 Å². The van der Waals surface area contributed by atoms with Crippen LogP contribution < -0.4 is 5.32 Å². The minimum absolute atomic E-state index is 0.122. The highest BCUT2D eigenvalue weighted by Gasteiger charge is 2.34. The van der Waals surface area contributed by atoms with Crippen LogP contribution >= 0.6 is 0 Å². The van der Waals surface area contributed by atoms with Gasteiger partial charge in [0, 0.05) is 32.9 Å². The van der Waals surface area contributed by atoms with Crippen LogP contribution in [0.25, 0.3) is 0 Å². The Morgan fingerprint density at radius 1 is 1.30 bits per heavy atom. The standard InChI is InChI=1S/C15H24N4O3S/c1-11-5-7-19(8-6-11)23(21,22)15-13(10-18(2)17-15)14(20)16-9-12-3-4-12/h10-12H,3-9H2,1-2H3,(H,16,20). The molecule has 1 aliphatic carbocycles. The first-order valence-electron chi connectivity index (χ1n) is 8.20. The van der Waals surface area contributed by atoms with E-state index < -0.39 is 10.0 Å². The molecule has 0 spiro atoms. The van der Waals surface area contributed by atoms with Gasteiger partial charge in [-0.2, -0.15) is 9.40 Å². The summed E-state index contributed by atoms with van der Waals surface area (Å²) in [6.07, 6.45) is 5.43. The third-order valence-electron chi connectivity index (χ3n) is 4.61. The first-order chi connectivity index (χ1) is 10.9. The number of carbonyl (C=O) groups is 1. The summed E-state index contributed by atoms with van der Waals surface area (Å²) < 4.78 is 28.6. The fourth-order valence-corrected chi connectivity index (χ4v) is 4.41. The first-order valence-corrected chi connectivity index (χ1v) is 9.64. The lowest BCUT2D eigenvalue weighted by Crippen LogP contribution is -2.39. The predicted octanol–water partition coefficient (Wildman–Crippen LogP) is 0.980. The second-order valence-corrected chi connectivity index (χ2v) is 8.61. The number of sulfonamides is 1. The molecule has 1 N–H and O–H groups in total. The van der Waals surface area contributed by atoms with Crippen molar-refractivity contribution in [3.05, 3.63) is 11.8 Å². The van der Waals surface area contributed by atoms with Gasteiger partial charge in [-0.3, -0.25) is 9.48 Å². The van der Waals surface area contributed by atoms with Gasteiger partial charge in [-0.25, -0.2) is 8.42 Å². The number of amides is 1. The van der Waals surface area contributed by atoms with Gasteiger partial charge >= 0.3 is 0 Å². The molecule has 1 aliphatic heterocycles. The fourth-order valence-electron chi connectivity index (χ4n) is 2.82. The van der Waals surface area contributed by atoms with Gasteiger partial charge in [0.1, 0.15) is 0 Å². The maximum atomic E-state index is 12.9. The number of aromatic nitrogens is 2. The molecule has 1 saturated carbocycles. The van der Waals surface area contributed by atoms with Crippen LogP contribution in [-0.2, 0) is 17.1 Å². The monoisotopic (exact) mass is 340 g/mol. The van der Waals surface area contributed by atoms with E-state index in [0.29, 0.717) is 31.5 Å². The molecule has 1 aromatic heterocycles. The average molecular weight is 340 g/mol. The fraction of sp³-hybridized carbons (Fsp3) is 0.733. The van der Waals surface area contributed by atoms with Crippen LogP contribution in [0.4, 0.5) is 0 Å². The van der Waals surface area contributed by atoms with Crippen molar-refractivity contribution in [3.63, 3.8) is 0 Å². The zero-order valence-corrected chi connectivity index (χ0v) is 14.5. The van der Waals surface area contributed by atoms with Crippen molar-refractivity contribution in [2.75, 3.05) is 19.6 Å². The Balaban J connectivity index is 1.81. The maximum Gasteiger partial charge on any atom is 0.263 e. The van der Waals surface area contributed by atoms with Crippen molar-refractivity contribution < 1.29 is 13.2 Å². The highest BCUT2D eigenvalue weighted by Crippen LogP contribution is 2.28. The van der Waals surface area contributed by atoms with Crippen LogP contribution in [0.5, 0.6) is 0 Å². The van der Waals surface area contributed by atoms with Crippen molar-refractivity contribution in [2.45, 2.75) is 37.6 Å². The van der Waals surface area contributed by atoms with Gasteiger partial charge in [0.05, 0.1) is 5.56 Å². The smallest absolute Gasteiger partial charge is 0.263 e. The normalized spacial score (nSPS) is 20.6. The molecule has 2 aliphatic rings. The predicted molar refractivity (Wildman–Crippen MR) is 85.4 cm³/mol. The zero-order valence-electron chi connectivity index (χ0n) is 13.7. The summed E-state index contributed by atoms with van der Waals surface area (Å²) >= 11 is 0. The van der Waals surface area contributed by atoms with E-state index in [-0.39, 0.29) is 16.5 Å². The molecule has 0 radical (unpaired) electrons. The second kappa shape index (κ2) is 6.24. The Hall–Kier alpha value is -1.41. The largest absolute Gasteiger partial charge is 0.352 e. The Bertz CT molecular complexity index is 686. The van der Waals surface area contributed by atoms with Gasteiger partial charge in [0.25, 0.3) is 15.9 Å². The molecule has 8 heteroatoms. The average Bonchev–Trinajstić information content (AvgIpc) is 3.25. The number of aryl methyl sites for hydroxylation is 1. The number of nitrogens with one attached hydrogen (secondary N) is 1. The number of rotatable bonds is 5. The van der Waals surface area contributed by atoms with Crippen LogP contribution in [0.15, 0.2) is 11.2 Å². The lowest BCUT2D eigenvalue weighted by Gasteiger charge is -2.28. The third-order valence-corrected chi connectivity index (χ3v) is 6.45. The third kappa shape index (κ3) is 3.58. The minimum Gasteiger partial charge on any atom is -0.352 e. The van der Waals surface area contributed by atoms with E-state index in [1.165, 1.54) is 15.2 Å². The SMILES string of the molecule is CC1CCN(S(=O)(=O)c2nn(C)cc2C(=O)NCC2CC2)CC1. The van der Waals surface area contributed by atoms with Gasteiger partial charge in [0.2, 0.25) is 5.03 Å². The molecule has 3 rings (SSSR count). The Morgan fingerprint density at radius 3 is 2.57 bits per heavy atom. The molecule has 23 heavy (non-hydrogen) atoms. The maximum absolute atomic E-state index is 12.9. The minimum atomic E-state index is -3.72. The molecule has 0 bridgehead atoms. The number of carbonyl (C=O) groups excluding carboxylic acids is 1. The number of nitrogens with zero attached hydrogens (tertiary/aromatic N) is 3. The second-order valence-electron chi connectivity index (χ2n) is 6.76. The molecule has 0 aromatic carbocycles. The van der Waals surface area contributed by atoms with Crippen molar-refractivity contribution in [1.29, 1.82) is 0 Å². The highest BCUT2D eigenvalue weighted by atomic mass is 32.2. The Morgan fingerprint density at radius 2 is 1.96 bits per heavy atom. The summed E-state index contributed by atoms with van der Waals surface area (Å²) in [6.45, 7) is 3.71. The zero-order chi connectivity index (χ0) is 16.6. The van der Waals surface area contributed by atoms with Crippen LogP contribution in [0, 0.1) is 11.8 Å². The highest BCUT2D eigenvalue weighted by molar-refractivity contribution is 7.89. The molecular weight excluding hydrogens is 316 g/mol. The number of piperidine rings is 1. The number of hydrogen-bond donors (Lipinski definition) is 1. The summed E-state index contributed by atoms with van der Waals surface area (Å²) in [5.41, 5.74) is 0.145. The molecule has 1 aromatic rings. The van der Waals surface area contributed by atoms with E-state index in [2.05, 4.69) is 17.3 Å². The summed E-state index contributed by atoms with van der Waals surface area (Å²) in [7, 11) is -2.09. The van der Waals surface area contributed by atoms with Gasteiger partial charge in [-0.05, 0) is 37.5 Å². The van der Waals surface area contributed by atoms with E-state index in [1.807, 2.05) is 0 Å². The molecule has 1 amide bonds. The summed E-state index contributed by atoms with van der Waals surface area (Å²) in [5.74, 6) is 0.722. The molecule has 2 heterocycles. The van der Waals surface area contributed by atoms with Gasteiger partial charge in [-0.15, -0.1) is 0 Å². The van der Waals surface area contributed by atoms with Crippen molar-refractivity contribution >= 4 is 15.9 Å². The Kier molecular flexibility index (Phi) is 4.46. The van der Waals surface area contributed by atoms with Gasteiger partial charge < -0.3 is 5.32 Å². The van der Waals surface area contributed by atoms with Crippen molar-refractivity contribution in [3.8, 4) is 0 Å². The van der Waals surface area contributed by atoms with Gasteiger partial charge in [-0.1, -0.05) is 6.92 Å². The lowest BCUT2D eigenvalue weighted by molar-refractivity contribution is 0.0948. The lowest BCUT2D eigenvalue weighted by atomic mass is 10.0. The van der Waals surface area contributed by atoms with Crippen LogP contribution in [0.2, 0.25) is 0 Å². The summed E-state index contributed by atoms with van der Waals surface area (Å²) in [4.78, 5) is 12.3. The van der Waals surface area contributed by atoms with Gasteiger partial charge in [0.15, 0.2) is 0 Å². The molecule has 7 nitrogen and oxygen atoms in total. The molecule has 0 unspecified atom stereocenters. The summed E-state index contributed by atoms with van der Waals surface area (Å²) in [6, 6.07) is 0. The van der Waals surface area contributed by atoms with Crippen LogP contribution in [-0.4, -0.2) is 48.0 Å². The quantitative estimate of drug-likeness (QED) is 0.866. The van der Waals surface area contributed by atoms with E-state index in [4.69, 9.17) is 0 Å². The molecule has 1 saturated heterocycles. The van der Waals surface area contributed by atoms with E-state index in [0.717, 1.165) is 25.7 Å². The van der Waals surface area contributed by atoms with Crippen LogP contribution in [0.3, 0.4) is 0 Å². The topological polar surface area (TPSA) is 84.3 Å². The van der Waals surface area contributed by atoms with Crippen LogP contribution in [0.1, 0.15) is 43.0 Å². The molecule has 128 valence electrons. The van der Waals surface area contributed by atoms with Crippen molar-refractivity contribution in [1.82, 2.24) is 19.4 Å². The van der Waals surface area contributed by atoms with E-state index >= 15 is 0 Å². The van der Waals surface area contributed by atoms with E-state index in [9.17, 15) is 13.2 Å². The summed E-state index contributed by atoms with van der Waals surface area (Å²) in [5, 5.41) is 6.77. The van der Waals surface area contributed by atoms with E-state index in [1.54, 1.807) is 7.05 Å². The molecule has 2 fully saturated rings. The Labute approximate surface area is 137 Å². The molecule has 0 atom stereocenters. The number of hydrogen-bond acceptors (Lipinski definition) is 4. The first kappa shape index (κ1) is 16.4. The molecular formula is C15H24N4O3S.